The fourth-order valence-corrected chi connectivity index (χ4v) is 5.44. The van der Waals surface area contributed by atoms with Crippen LogP contribution in [-0.4, -0.2) is 48.9 Å². The van der Waals surface area contributed by atoms with E-state index in [4.69, 9.17) is 4.99 Å². The number of rotatable bonds is 6. The van der Waals surface area contributed by atoms with E-state index < -0.39 is 6.36 Å². The average Bonchev–Trinajstić information content (AvgIpc) is 3.55. The Labute approximate surface area is 242 Å². The summed E-state index contributed by atoms with van der Waals surface area (Å²) >= 11 is 1.35. The molecule has 1 aliphatic heterocycles. The number of carbonyl (C=O) groups is 1. The number of nitrogens with zero attached hydrogens (tertiary/aromatic N) is 6. The summed E-state index contributed by atoms with van der Waals surface area (Å²) in [6.07, 6.45) is 0.0607. The van der Waals surface area contributed by atoms with Gasteiger partial charge in [-0.2, -0.15) is 10.1 Å². The van der Waals surface area contributed by atoms with Gasteiger partial charge in [-0.3, -0.25) is 14.3 Å². The maximum Gasteiger partial charge on any atom is 0.573 e. The highest BCUT2D eigenvalue weighted by molar-refractivity contribution is 8.15. The first-order valence-corrected chi connectivity index (χ1v) is 13.9. The summed E-state index contributed by atoms with van der Waals surface area (Å²) in [5.41, 5.74) is 5.24. The van der Waals surface area contributed by atoms with Crippen LogP contribution in [0.2, 0.25) is 0 Å². The van der Waals surface area contributed by atoms with Crippen molar-refractivity contribution in [3.8, 4) is 11.4 Å². The van der Waals surface area contributed by atoms with Crippen molar-refractivity contribution < 1.29 is 22.7 Å². The van der Waals surface area contributed by atoms with Gasteiger partial charge in [0.2, 0.25) is 0 Å². The highest BCUT2D eigenvalue weighted by Gasteiger charge is 2.31. The van der Waals surface area contributed by atoms with Crippen LogP contribution in [0.15, 0.2) is 89.3 Å². The second-order valence-electron chi connectivity index (χ2n) is 9.78. The van der Waals surface area contributed by atoms with Gasteiger partial charge in [0.05, 0.1) is 28.7 Å². The zero-order valence-corrected chi connectivity index (χ0v) is 23.2. The minimum atomic E-state index is -4.75. The zero-order chi connectivity index (χ0) is 29.4. The third-order valence-corrected chi connectivity index (χ3v) is 7.49. The fourth-order valence-electron chi connectivity index (χ4n) is 4.63. The molecule has 5 aromatic rings. The quantitative estimate of drug-likeness (QED) is 0.196. The van der Waals surface area contributed by atoms with Gasteiger partial charge in [0.25, 0.3) is 5.91 Å². The lowest BCUT2D eigenvalue weighted by Crippen LogP contribution is -2.23. The Morgan fingerprint density at radius 2 is 1.81 bits per heavy atom. The maximum atomic E-state index is 12.6. The van der Waals surface area contributed by atoms with Crippen molar-refractivity contribution in [1.82, 2.24) is 19.5 Å². The molecule has 1 amide bonds. The van der Waals surface area contributed by atoms with Crippen LogP contribution >= 0.6 is 11.8 Å². The number of benzene rings is 3. The van der Waals surface area contributed by atoms with Crippen LogP contribution in [0.1, 0.15) is 30.9 Å². The summed E-state index contributed by atoms with van der Waals surface area (Å²) < 4.78 is 43.2. The first kappa shape index (κ1) is 27.5. The number of hydrazone groups is 1. The molecule has 212 valence electrons. The van der Waals surface area contributed by atoms with Crippen LogP contribution in [0.25, 0.3) is 27.6 Å². The number of para-hydroxylation sites is 1. The Hall–Kier alpha value is -4.71. The topological polar surface area (TPSA) is 85.0 Å². The van der Waals surface area contributed by atoms with Crippen LogP contribution < -0.4 is 4.74 Å². The number of aliphatic imine (C=N–C) groups is 1. The first-order valence-electron chi connectivity index (χ1n) is 13.0. The van der Waals surface area contributed by atoms with E-state index in [1.807, 2.05) is 42.5 Å². The van der Waals surface area contributed by atoms with Crippen molar-refractivity contribution in [3.05, 3.63) is 90.4 Å². The molecule has 3 heterocycles. The Kier molecular flexibility index (Phi) is 7.15. The summed E-state index contributed by atoms with van der Waals surface area (Å²) in [5.74, 6) is 0.0832. The zero-order valence-electron chi connectivity index (χ0n) is 22.4. The van der Waals surface area contributed by atoms with Crippen LogP contribution in [-0.2, 0) is 4.79 Å². The molecule has 8 nitrogen and oxygen atoms in total. The SMILES string of the molecule is CC(C)c1ccccc1/N=C1\SCC(=O)N1/N=C/c1cnc2c(ccc3c2ncn3-c2ccc(OC(F)(F)F)cc2)c1. The number of hydrogen-bond donors (Lipinski definition) is 0. The smallest absolute Gasteiger partial charge is 0.406 e. The van der Waals surface area contributed by atoms with Gasteiger partial charge in [-0.15, -0.1) is 13.2 Å². The molecule has 0 aliphatic carbocycles. The van der Waals surface area contributed by atoms with Gasteiger partial charge >= 0.3 is 6.36 Å². The Balaban J connectivity index is 1.26. The Morgan fingerprint density at radius 1 is 1.02 bits per heavy atom. The third-order valence-electron chi connectivity index (χ3n) is 6.58. The summed E-state index contributed by atoms with van der Waals surface area (Å²) in [7, 11) is 0. The maximum absolute atomic E-state index is 12.6. The molecule has 12 heteroatoms. The normalized spacial score (nSPS) is 15.2. The predicted octanol–water partition coefficient (Wildman–Crippen LogP) is 7.19. The number of aromatic nitrogens is 3. The van der Waals surface area contributed by atoms with E-state index in [9.17, 15) is 18.0 Å². The molecule has 0 spiro atoms. The standard InChI is InChI=1S/C30H23F3N6O2S/c1-18(2)23-5-3-4-6-24(23)37-29-39(26(40)16-42-29)36-15-19-13-20-7-12-25-28(27(20)34-14-19)35-17-38(25)21-8-10-22(11-9-21)41-30(31,32)33/h3-15,17-18H,16H2,1-2H3/b36-15+,37-29-. The molecular weight excluding hydrogens is 565 g/mol. The molecule has 0 N–H and O–H groups in total. The number of halogens is 3. The van der Waals surface area contributed by atoms with Gasteiger partial charge in [-0.05, 0) is 53.9 Å². The molecule has 0 saturated carbocycles. The third kappa shape index (κ3) is 5.57. The molecule has 0 bridgehead atoms. The number of fused-ring (bicyclic) bond motifs is 3. The minimum Gasteiger partial charge on any atom is -0.406 e. The number of ether oxygens (including phenoxy) is 1. The van der Waals surface area contributed by atoms with Crippen molar-refractivity contribution in [1.29, 1.82) is 0 Å². The molecular formula is C30H23F3N6O2S. The average molecular weight is 589 g/mol. The molecule has 1 aliphatic rings. The van der Waals surface area contributed by atoms with Crippen LogP contribution in [0.3, 0.4) is 0 Å². The van der Waals surface area contributed by atoms with Crippen molar-refractivity contribution in [2.75, 3.05) is 5.75 Å². The number of carbonyl (C=O) groups excluding carboxylic acids is 1. The lowest BCUT2D eigenvalue weighted by atomic mass is 10.0. The monoisotopic (exact) mass is 588 g/mol. The van der Waals surface area contributed by atoms with Crippen molar-refractivity contribution in [2.45, 2.75) is 26.1 Å². The van der Waals surface area contributed by atoms with Gasteiger partial charge < -0.3 is 4.74 Å². The van der Waals surface area contributed by atoms with Gasteiger partial charge in [-0.1, -0.05) is 49.9 Å². The number of amidine groups is 1. The second kappa shape index (κ2) is 10.9. The van der Waals surface area contributed by atoms with E-state index in [2.05, 4.69) is 33.7 Å². The van der Waals surface area contributed by atoms with Gasteiger partial charge in [0.15, 0.2) is 5.17 Å². The molecule has 42 heavy (non-hydrogen) atoms. The van der Waals surface area contributed by atoms with E-state index in [-0.39, 0.29) is 23.3 Å². The Bertz CT molecular complexity index is 1870. The van der Waals surface area contributed by atoms with E-state index in [0.29, 0.717) is 27.5 Å². The summed E-state index contributed by atoms with van der Waals surface area (Å²) in [4.78, 5) is 26.5. The molecule has 0 atom stereocenters. The predicted molar refractivity (Wildman–Crippen MR) is 158 cm³/mol. The number of amides is 1. The van der Waals surface area contributed by atoms with Gasteiger partial charge in [0, 0.05) is 22.8 Å². The van der Waals surface area contributed by atoms with Crippen LogP contribution in [0, 0.1) is 0 Å². The van der Waals surface area contributed by atoms with Crippen molar-refractivity contribution >= 4 is 56.7 Å². The number of hydrogen-bond acceptors (Lipinski definition) is 7. The molecule has 0 unspecified atom stereocenters. The molecule has 6 rings (SSSR count). The molecule has 1 saturated heterocycles. The van der Waals surface area contributed by atoms with Crippen molar-refractivity contribution in [2.24, 2.45) is 10.1 Å². The summed E-state index contributed by atoms with van der Waals surface area (Å²) in [5, 5.41) is 7.09. The first-order chi connectivity index (χ1) is 20.2. The number of pyridine rings is 1. The van der Waals surface area contributed by atoms with Gasteiger partial charge in [-0.25, -0.2) is 9.98 Å². The lowest BCUT2D eigenvalue weighted by Gasteiger charge is -2.12. The molecule has 0 radical (unpaired) electrons. The number of alkyl halides is 3. The molecule has 1 fully saturated rings. The van der Waals surface area contributed by atoms with Gasteiger partial charge in [0.1, 0.15) is 17.6 Å². The van der Waals surface area contributed by atoms with Crippen molar-refractivity contribution in [3.63, 3.8) is 0 Å². The van der Waals surface area contributed by atoms with Crippen LogP contribution in [0.5, 0.6) is 5.75 Å². The summed E-state index contributed by atoms with van der Waals surface area (Å²) in [6, 6.07) is 19.1. The van der Waals surface area contributed by atoms with E-state index in [0.717, 1.165) is 22.2 Å². The molecule has 3 aromatic carbocycles. The number of imidazole rings is 1. The lowest BCUT2D eigenvalue weighted by molar-refractivity contribution is -0.274. The van der Waals surface area contributed by atoms with E-state index in [1.165, 1.54) is 41.0 Å². The number of thioether (sulfide) groups is 1. The molecule has 2 aromatic heterocycles. The highest BCUT2D eigenvalue weighted by atomic mass is 32.2. The van der Waals surface area contributed by atoms with E-state index >= 15 is 0 Å². The second-order valence-corrected chi connectivity index (χ2v) is 10.7. The largest absolute Gasteiger partial charge is 0.573 e. The minimum absolute atomic E-state index is 0.156. The fraction of sp³-hybridized carbons (Fsp3) is 0.167. The Morgan fingerprint density at radius 3 is 2.57 bits per heavy atom. The summed E-state index contributed by atoms with van der Waals surface area (Å²) in [6.45, 7) is 4.20. The van der Waals surface area contributed by atoms with Crippen LogP contribution in [0.4, 0.5) is 18.9 Å². The highest BCUT2D eigenvalue weighted by Crippen LogP contribution is 2.31. The van der Waals surface area contributed by atoms with E-state index in [1.54, 1.807) is 23.3 Å².